The molecule has 1 heterocycles. The molecule has 42 heavy (non-hydrogen) atoms. The molecule has 216 valence electrons. The number of amides is 2. The van der Waals surface area contributed by atoms with Gasteiger partial charge in [-0.3, -0.25) is 9.69 Å². The second-order valence-corrected chi connectivity index (χ2v) is 9.29. The molecule has 0 radical (unpaired) electrons. The van der Waals surface area contributed by atoms with Crippen molar-refractivity contribution in [2.24, 2.45) is 0 Å². The standard InChI is InChI=1S/C32H32N4O6/c1-23-29(35-31(41-23)25-7-4-3-5-8-25)17-20-40-27-11-9-24(10-12-27)21-36(22-30(37)34-19-6-18-33)32(38)42-28-15-13-26(39-2)14-16-28/h3-5,7-16H,6,17,19-22H2,1-2H3,(H,34,37). The largest absolute Gasteiger partial charge is 0.497 e. The van der Waals surface area contributed by atoms with Crippen LogP contribution in [0, 0.1) is 18.3 Å². The second kappa shape index (κ2) is 14.9. The molecule has 0 spiro atoms. The molecule has 0 unspecified atom stereocenters. The Kier molecular flexibility index (Phi) is 10.5. The molecule has 3 aromatic carbocycles. The van der Waals surface area contributed by atoms with Gasteiger partial charge in [-0.2, -0.15) is 5.26 Å². The number of carbonyl (C=O) groups excluding carboxylic acids is 2. The van der Waals surface area contributed by atoms with E-state index in [0.717, 1.165) is 22.6 Å². The summed E-state index contributed by atoms with van der Waals surface area (Å²) in [6.07, 6.45) is 0.0674. The molecule has 10 heteroatoms. The molecule has 4 rings (SSSR count). The first-order valence-corrected chi connectivity index (χ1v) is 13.4. The van der Waals surface area contributed by atoms with Crippen molar-refractivity contribution in [2.45, 2.75) is 26.3 Å². The summed E-state index contributed by atoms with van der Waals surface area (Å²) >= 11 is 0. The van der Waals surface area contributed by atoms with Gasteiger partial charge in [0, 0.05) is 25.1 Å². The average Bonchev–Trinajstić information content (AvgIpc) is 3.38. The summed E-state index contributed by atoms with van der Waals surface area (Å²) in [5, 5.41) is 11.4. The number of benzene rings is 3. The lowest BCUT2D eigenvalue weighted by atomic mass is 10.2. The molecule has 2 amide bonds. The SMILES string of the molecule is COc1ccc(OC(=O)N(CC(=O)NCCC#N)Cc2ccc(OCCc3nc(-c4ccccc4)oc3C)cc2)cc1. The summed E-state index contributed by atoms with van der Waals surface area (Å²) in [6, 6.07) is 25.5. The zero-order valence-electron chi connectivity index (χ0n) is 23.5. The van der Waals surface area contributed by atoms with Gasteiger partial charge in [-0.1, -0.05) is 30.3 Å². The second-order valence-electron chi connectivity index (χ2n) is 9.29. The number of hydrogen-bond acceptors (Lipinski definition) is 8. The maximum Gasteiger partial charge on any atom is 0.416 e. The van der Waals surface area contributed by atoms with Crippen molar-refractivity contribution in [3.8, 4) is 34.8 Å². The summed E-state index contributed by atoms with van der Waals surface area (Å²) in [6.45, 7) is 2.38. The minimum Gasteiger partial charge on any atom is -0.497 e. The Morgan fingerprint density at radius 3 is 2.36 bits per heavy atom. The molecular formula is C32H32N4O6. The van der Waals surface area contributed by atoms with Crippen LogP contribution < -0.4 is 19.5 Å². The van der Waals surface area contributed by atoms with Crippen LogP contribution >= 0.6 is 0 Å². The van der Waals surface area contributed by atoms with Gasteiger partial charge >= 0.3 is 6.09 Å². The molecule has 0 bridgehead atoms. The molecule has 10 nitrogen and oxygen atoms in total. The Bertz CT molecular complexity index is 1500. The number of nitrogens with one attached hydrogen (secondary N) is 1. The van der Waals surface area contributed by atoms with E-state index in [0.29, 0.717) is 36.2 Å². The van der Waals surface area contributed by atoms with E-state index in [1.54, 1.807) is 43.5 Å². The Balaban J connectivity index is 1.35. The van der Waals surface area contributed by atoms with E-state index in [2.05, 4.69) is 10.3 Å². The number of rotatable bonds is 13. The number of aromatic nitrogens is 1. The predicted molar refractivity (Wildman–Crippen MR) is 155 cm³/mol. The fourth-order valence-corrected chi connectivity index (χ4v) is 4.02. The number of ether oxygens (including phenoxy) is 3. The normalized spacial score (nSPS) is 10.4. The van der Waals surface area contributed by atoms with E-state index in [-0.39, 0.29) is 26.1 Å². The van der Waals surface area contributed by atoms with Crippen molar-refractivity contribution in [1.82, 2.24) is 15.2 Å². The van der Waals surface area contributed by atoms with Gasteiger partial charge in [-0.05, 0) is 61.0 Å². The van der Waals surface area contributed by atoms with Crippen LogP contribution in [0.4, 0.5) is 4.79 Å². The van der Waals surface area contributed by atoms with Crippen LogP contribution in [0.2, 0.25) is 0 Å². The quantitative estimate of drug-likeness (QED) is 0.215. The van der Waals surface area contributed by atoms with E-state index >= 15 is 0 Å². The number of nitriles is 1. The molecule has 1 aromatic heterocycles. The lowest BCUT2D eigenvalue weighted by Crippen LogP contribution is -2.41. The van der Waals surface area contributed by atoms with Crippen molar-refractivity contribution < 1.29 is 28.2 Å². The fraction of sp³-hybridized carbons (Fsp3) is 0.250. The lowest BCUT2D eigenvalue weighted by molar-refractivity contribution is -0.121. The third-order valence-corrected chi connectivity index (χ3v) is 6.23. The Labute approximate surface area is 244 Å². The molecule has 1 N–H and O–H groups in total. The lowest BCUT2D eigenvalue weighted by Gasteiger charge is -2.22. The van der Waals surface area contributed by atoms with Crippen LogP contribution in [0.5, 0.6) is 17.2 Å². The highest BCUT2D eigenvalue weighted by molar-refractivity contribution is 5.82. The number of methoxy groups -OCH3 is 1. The van der Waals surface area contributed by atoms with Gasteiger partial charge in [0.15, 0.2) is 0 Å². The number of oxazole rings is 1. The van der Waals surface area contributed by atoms with Crippen LogP contribution in [-0.2, 0) is 17.8 Å². The molecule has 0 fully saturated rings. The molecule has 0 aliphatic heterocycles. The molecule has 4 aromatic rings. The molecule has 0 saturated carbocycles. The molecule has 0 saturated heterocycles. The molecule has 0 atom stereocenters. The third-order valence-electron chi connectivity index (χ3n) is 6.23. The van der Waals surface area contributed by atoms with Gasteiger partial charge in [-0.25, -0.2) is 9.78 Å². The van der Waals surface area contributed by atoms with Crippen molar-refractivity contribution in [3.05, 3.63) is 95.9 Å². The van der Waals surface area contributed by atoms with Crippen LogP contribution in [0.3, 0.4) is 0 Å². The van der Waals surface area contributed by atoms with E-state index < -0.39 is 12.0 Å². The first kappa shape index (κ1) is 29.7. The summed E-state index contributed by atoms with van der Waals surface area (Å²) in [5.74, 6) is 2.55. The van der Waals surface area contributed by atoms with Gasteiger partial charge in [0.2, 0.25) is 11.8 Å². The number of carbonyl (C=O) groups is 2. The Hall–Kier alpha value is -5.30. The highest BCUT2D eigenvalue weighted by atomic mass is 16.6. The minimum atomic E-state index is -0.686. The first-order chi connectivity index (χ1) is 20.4. The van der Waals surface area contributed by atoms with Crippen LogP contribution in [0.1, 0.15) is 23.4 Å². The van der Waals surface area contributed by atoms with E-state index in [1.807, 2.05) is 55.5 Å². The van der Waals surface area contributed by atoms with Crippen molar-refractivity contribution in [1.29, 1.82) is 5.26 Å². The van der Waals surface area contributed by atoms with Gasteiger partial charge in [0.05, 0.1) is 31.9 Å². The Morgan fingerprint density at radius 1 is 0.976 bits per heavy atom. The topological polar surface area (TPSA) is 127 Å². The average molecular weight is 569 g/mol. The summed E-state index contributed by atoms with van der Waals surface area (Å²) < 4.78 is 22.4. The van der Waals surface area contributed by atoms with Crippen molar-refractivity contribution in [3.63, 3.8) is 0 Å². The van der Waals surface area contributed by atoms with Gasteiger partial charge < -0.3 is 23.9 Å². The fourth-order valence-electron chi connectivity index (χ4n) is 4.02. The number of aryl methyl sites for hydroxylation is 1. The molecule has 0 aliphatic carbocycles. The smallest absolute Gasteiger partial charge is 0.416 e. The molecular weight excluding hydrogens is 536 g/mol. The van der Waals surface area contributed by atoms with Gasteiger partial charge in [0.1, 0.15) is 29.6 Å². The predicted octanol–water partition coefficient (Wildman–Crippen LogP) is 5.31. The molecule has 0 aliphatic rings. The van der Waals surface area contributed by atoms with Gasteiger partial charge in [-0.15, -0.1) is 0 Å². The zero-order chi connectivity index (χ0) is 29.7. The van der Waals surface area contributed by atoms with E-state index in [4.69, 9.17) is 23.9 Å². The van der Waals surface area contributed by atoms with Crippen LogP contribution in [0.25, 0.3) is 11.5 Å². The summed E-state index contributed by atoms with van der Waals surface area (Å²) in [7, 11) is 1.54. The van der Waals surface area contributed by atoms with Gasteiger partial charge in [0.25, 0.3) is 0 Å². The van der Waals surface area contributed by atoms with Crippen LogP contribution in [0.15, 0.2) is 83.3 Å². The highest BCUT2D eigenvalue weighted by Crippen LogP contribution is 2.22. The summed E-state index contributed by atoms with van der Waals surface area (Å²) in [5.41, 5.74) is 2.54. The third kappa shape index (κ3) is 8.60. The number of hydrogen-bond donors (Lipinski definition) is 1. The Morgan fingerprint density at radius 2 is 1.67 bits per heavy atom. The maximum atomic E-state index is 13.0. The summed E-state index contributed by atoms with van der Waals surface area (Å²) in [4.78, 5) is 31.3. The monoisotopic (exact) mass is 568 g/mol. The van der Waals surface area contributed by atoms with Crippen molar-refractivity contribution in [2.75, 3.05) is 26.8 Å². The van der Waals surface area contributed by atoms with E-state index in [1.165, 1.54) is 4.90 Å². The van der Waals surface area contributed by atoms with Crippen LogP contribution in [-0.4, -0.2) is 48.7 Å². The zero-order valence-corrected chi connectivity index (χ0v) is 23.5. The maximum absolute atomic E-state index is 13.0. The first-order valence-electron chi connectivity index (χ1n) is 13.4. The highest BCUT2D eigenvalue weighted by Gasteiger charge is 2.20. The number of nitrogens with zero attached hydrogens (tertiary/aromatic N) is 3. The van der Waals surface area contributed by atoms with E-state index in [9.17, 15) is 9.59 Å². The van der Waals surface area contributed by atoms with Crippen molar-refractivity contribution >= 4 is 12.0 Å². The minimum absolute atomic E-state index is 0.126.